The van der Waals surface area contributed by atoms with Gasteiger partial charge < -0.3 is 18.9 Å². The van der Waals surface area contributed by atoms with Gasteiger partial charge >= 0.3 is 6.61 Å². The fourth-order valence-electron chi connectivity index (χ4n) is 4.53. The van der Waals surface area contributed by atoms with E-state index >= 15 is 0 Å². The van der Waals surface area contributed by atoms with Crippen molar-refractivity contribution >= 4 is 16.9 Å². The van der Waals surface area contributed by atoms with Crippen LogP contribution in [-0.4, -0.2) is 46.7 Å². The summed E-state index contributed by atoms with van der Waals surface area (Å²) < 4.78 is 62.8. The maximum Gasteiger partial charge on any atom is 0.387 e. The number of halogens is 2. The Bertz CT molecular complexity index is 1410. The molecule has 0 unspecified atom stereocenters. The maximum absolute atomic E-state index is 13.4. The molecule has 1 aromatic heterocycles. The molecule has 0 N–H and O–H groups in total. The van der Waals surface area contributed by atoms with Gasteiger partial charge in [-0.1, -0.05) is 17.9 Å². The van der Waals surface area contributed by atoms with Gasteiger partial charge in [-0.2, -0.15) is 8.78 Å². The second kappa shape index (κ2) is 8.16. The van der Waals surface area contributed by atoms with Crippen LogP contribution in [0.5, 0.6) is 5.75 Å². The summed E-state index contributed by atoms with van der Waals surface area (Å²) in [5.74, 6) is 5.45. The number of ether oxygens (including phenoxy) is 2. The Balaban J connectivity index is 1.70. The first-order valence-corrected chi connectivity index (χ1v) is 10.6. The molecule has 0 radical (unpaired) electrons. The lowest BCUT2D eigenvalue weighted by Gasteiger charge is -2.24. The monoisotopic (exact) mass is 454 g/mol. The topological polar surface area (TPSA) is 56.6 Å². The van der Waals surface area contributed by atoms with Crippen LogP contribution in [0.25, 0.3) is 11.0 Å². The molecule has 0 spiro atoms. The highest BCUT2D eigenvalue weighted by atomic mass is 19.3. The van der Waals surface area contributed by atoms with Crippen LogP contribution < -0.4 is 4.74 Å². The van der Waals surface area contributed by atoms with Crippen LogP contribution in [0.15, 0.2) is 36.4 Å². The number of imidazole rings is 1. The number of benzene rings is 2. The molecular formula is C25H23F2N3O3. The summed E-state index contributed by atoms with van der Waals surface area (Å²) >= 11 is 0. The van der Waals surface area contributed by atoms with Gasteiger partial charge in [0.05, 0.1) is 29.2 Å². The highest BCUT2D eigenvalue weighted by Gasteiger charge is 2.44. The second-order valence-corrected chi connectivity index (χ2v) is 8.24. The maximum atomic E-state index is 13.4. The van der Waals surface area contributed by atoms with Gasteiger partial charge in [-0.3, -0.25) is 4.79 Å². The Morgan fingerprint density at radius 2 is 2.12 bits per heavy atom. The van der Waals surface area contributed by atoms with Crippen molar-refractivity contribution in [2.75, 3.05) is 13.6 Å². The van der Waals surface area contributed by atoms with Crippen LogP contribution >= 0.6 is 0 Å². The zero-order valence-electron chi connectivity index (χ0n) is 21.0. The average Bonchev–Trinajstić information content (AvgIpc) is 3.28. The smallest absolute Gasteiger partial charge is 0.387 e. The molecule has 2 aliphatic rings. The molecule has 3 heterocycles. The molecule has 2 aliphatic heterocycles. The van der Waals surface area contributed by atoms with E-state index in [2.05, 4.69) is 16.8 Å². The van der Waals surface area contributed by atoms with Crippen LogP contribution in [0.3, 0.4) is 0 Å². The molecule has 0 saturated carbocycles. The zero-order chi connectivity index (χ0) is 25.8. The predicted octanol–water partition coefficient (Wildman–Crippen LogP) is 4.53. The van der Waals surface area contributed by atoms with Gasteiger partial charge in [-0.05, 0) is 44.2 Å². The van der Waals surface area contributed by atoms with Crippen molar-refractivity contribution in [3.63, 3.8) is 0 Å². The number of rotatable bonds is 4. The lowest BCUT2D eigenvalue weighted by molar-refractivity contribution is -0.0507. The molecule has 0 fully saturated rings. The van der Waals surface area contributed by atoms with E-state index in [9.17, 15) is 13.6 Å². The fraction of sp³-hybridized carbons (Fsp3) is 0.360. The summed E-state index contributed by atoms with van der Waals surface area (Å²) in [5, 5.41) is 0. The average molecular weight is 454 g/mol. The van der Waals surface area contributed by atoms with Crippen molar-refractivity contribution in [1.82, 2.24) is 14.5 Å². The Hall–Kier alpha value is -3.44. The fourth-order valence-corrected chi connectivity index (χ4v) is 4.53. The third kappa shape index (κ3) is 3.62. The Morgan fingerprint density at radius 3 is 2.88 bits per heavy atom. The number of hydrogen-bond donors (Lipinski definition) is 0. The van der Waals surface area contributed by atoms with Crippen molar-refractivity contribution in [2.24, 2.45) is 0 Å². The van der Waals surface area contributed by atoms with Crippen LogP contribution in [0.4, 0.5) is 8.78 Å². The third-order valence-corrected chi connectivity index (χ3v) is 5.87. The number of hydrogen-bond acceptors (Lipinski definition) is 4. The first-order chi connectivity index (χ1) is 17.1. The van der Waals surface area contributed by atoms with Crippen LogP contribution in [0, 0.1) is 11.8 Å². The van der Waals surface area contributed by atoms with Gasteiger partial charge in [0, 0.05) is 34.2 Å². The van der Waals surface area contributed by atoms with E-state index in [1.54, 1.807) is 12.1 Å². The second-order valence-electron chi connectivity index (χ2n) is 8.24. The lowest BCUT2D eigenvalue weighted by Crippen LogP contribution is -2.30. The molecule has 8 heteroatoms. The summed E-state index contributed by atoms with van der Waals surface area (Å²) in [6.45, 7) is -1.78. The summed E-state index contributed by atoms with van der Waals surface area (Å²) in [6.07, 6.45) is 0.216. The summed E-state index contributed by atoms with van der Waals surface area (Å²) in [7, 11) is 0. The molecule has 2 atom stereocenters. The Morgan fingerprint density at radius 1 is 1.27 bits per heavy atom. The molecule has 3 aromatic rings. The van der Waals surface area contributed by atoms with Gasteiger partial charge in [0.1, 0.15) is 18.2 Å². The van der Waals surface area contributed by atoms with E-state index in [-0.39, 0.29) is 36.0 Å². The molecule has 5 rings (SSSR count). The van der Waals surface area contributed by atoms with Crippen LogP contribution in [-0.2, 0) is 4.74 Å². The molecule has 6 nitrogen and oxygen atoms in total. The number of carbonyl (C=O) groups excluding carboxylic acids is 1. The van der Waals surface area contributed by atoms with Crippen molar-refractivity contribution < 1.29 is 27.2 Å². The van der Waals surface area contributed by atoms with Crippen LogP contribution in [0.2, 0.25) is 0 Å². The molecule has 170 valence electrons. The SMILES string of the molecule is [2H]C([2H])([2H])N1C(=O)c2cccc(OC(F)F)c2[C@H]2C[C@@H]1c1nc3ccc(C#CCOC(C)C)cc3n12. The highest BCUT2D eigenvalue weighted by molar-refractivity contribution is 5.97. The van der Waals surface area contributed by atoms with Gasteiger partial charge in [0.15, 0.2) is 0 Å². The first-order valence-electron chi connectivity index (χ1n) is 12.1. The quantitative estimate of drug-likeness (QED) is 0.544. The first kappa shape index (κ1) is 18.0. The van der Waals surface area contributed by atoms with Crippen molar-refractivity contribution in [3.8, 4) is 17.6 Å². The standard InChI is InChI=1S/C25H23F2N3O3/c1-14(2)32-11-5-6-15-9-10-17-18(12-15)30-19-13-20(23(30)28-17)29(3)24(31)16-7-4-8-21(22(16)19)33-25(26)27/h4,7-10,12,14,19-20,25H,11,13H2,1-3H3/t19-,20-/m1/s1/i3D3. The number of alkyl halides is 2. The number of aromatic nitrogens is 2. The van der Waals surface area contributed by atoms with E-state index < -0.39 is 31.6 Å². The Labute approximate surface area is 194 Å². The van der Waals surface area contributed by atoms with Crippen molar-refractivity contribution in [2.45, 2.75) is 45.1 Å². The highest BCUT2D eigenvalue weighted by Crippen LogP contribution is 2.49. The number of carbonyl (C=O) groups is 1. The number of amides is 1. The van der Waals surface area contributed by atoms with E-state index in [0.717, 1.165) is 4.90 Å². The normalized spacial score (nSPS) is 20.6. The Kier molecular flexibility index (Phi) is 4.46. The summed E-state index contributed by atoms with van der Waals surface area (Å²) in [5.41, 5.74) is 2.17. The number of nitrogens with zero attached hydrogens (tertiary/aromatic N) is 3. The lowest BCUT2D eigenvalue weighted by atomic mass is 9.97. The van der Waals surface area contributed by atoms with E-state index in [0.29, 0.717) is 22.4 Å². The third-order valence-electron chi connectivity index (χ3n) is 5.87. The minimum Gasteiger partial charge on any atom is -0.434 e. The molecule has 0 saturated heterocycles. The van der Waals surface area contributed by atoms with Gasteiger partial charge in [-0.25, -0.2) is 4.98 Å². The minimum atomic E-state index is -3.11. The molecule has 0 aliphatic carbocycles. The number of fused-ring (bicyclic) bond motifs is 9. The molecule has 2 bridgehead atoms. The van der Waals surface area contributed by atoms with Crippen LogP contribution in [0.1, 0.15) is 63.8 Å². The van der Waals surface area contributed by atoms with E-state index in [1.165, 1.54) is 18.2 Å². The van der Waals surface area contributed by atoms with Gasteiger partial charge in [0.2, 0.25) is 0 Å². The summed E-state index contributed by atoms with van der Waals surface area (Å²) in [6, 6.07) is 8.09. The minimum absolute atomic E-state index is 0.0195. The zero-order valence-corrected chi connectivity index (χ0v) is 18.0. The summed E-state index contributed by atoms with van der Waals surface area (Å²) in [4.78, 5) is 18.9. The van der Waals surface area contributed by atoms with Gasteiger partial charge in [0.25, 0.3) is 5.91 Å². The largest absolute Gasteiger partial charge is 0.434 e. The molecule has 1 amide bonds. The molecular weight excluding hydrogens is 428 g/mol. The van der Waals surface area contributed by atoms with Crippen molar-refractivity contribution in [3.05, 3.63) is 58.9 Å². The van der Waals surface area contributed by atoms with Crippen molar-refractivity contribution in [1.29, 1.82) is 0 Å². The predicted molar refractivity (Wildman–Crippen MR) is 118 cm³/mol. The van der Waals surface area contributed by atoms with E-state index in [4.69, 9.17) is 13.6 Å². The molecule has 2 aromatic carbocycles. The van der Waals surface area contributed by atoms with E-state index in [1.807, 2.05) is 24.5 Å². The molecule has 33 heavy (non-hydrogen) atoms. The van der Waals surface area contributed by atoms with Gasteiger partial charge in [-0.15, -0.1) is 0 Å².